The van der Waals surface area contributed by atoms with Crippen LogP contribution in [0.25, 0.3) is 0 Å². The van der Waals surface area contributed by atoms with Crippen molar-refractivity contribution in [2.45, 2.75) is 150 Å². The molecule has 10 aliphatic rings. The number of carbonyl (C=O) groups excluding carboxylic acids is 9. The Labute approximate surface area is 729 Å². The van der Waals surface area contributed by atoms with Crippen molar-refractivity contribution in [3.8, 4) is 11.1 Å². The second-order valence-corrected chi connectivity index (χ2v) is 32.7. The van der Waals surface area contributed by atoms with Crippen molar-refractivity contribution in [2.24, 2.45) is 33.9 Å². The molecule has 1 N–H and O–H groups in total. The van der Waals surface area contributed by atoms with E-state index in [0.29, 0.717) is 69.0 Å². The maximum atomic E-state index is 14.4. The molecular weight excluding hydrogens is 1670 g/mol. The van der Waals surface area contributed by atoms with Gasteiger partial charge in [0, 0.05) is 127 Å². The number of esters is 3. The predicted octanol–water partition coefficient (Wildman–Crippen LogP) is 14.0. The molecule has 1 radical (unpaired) electrons. The van der Waals surface area contributed by atoms with E-state index >= 15 is 0 Å². The van der Waals surface area contributed by atoms with Crippen molar-refractivity contribution in [3.05, 3.63) is 218 Å². The number of nitriles is 1. The van der Waals surface area contributed by atoms with Gasteiger partial charge in [-0.2, -0.15) is 5.26 Å². The van der Waals surface area contributed by atoms with Crippen molar-refractivity contribution in [2.75, 3.05) is 32.7 Å². The first-order valence-corrected chi connectivity index (χ1v) is 41.3. The SMILES string of the molecule is CC(=O)OC(C)=O.CC(=O)Oc1cc2c(s1)CCN(C(C(=O)C1CC1)c1ccccc1F)C2.Fc1ccccc1CBr.N#CC1CC1.O=C(C1CC1)C(Br)c1ccccc1F.O=C(Cc1ccccc1F)C1CC1.O=C1C=C2CN(C(C(=O)C3CC3)c3ccccc3F)CCC2S1.O=C1C=C2CNCCC2S1.[B]=NS.[H-].[H-].[H-].[Mg+2].[Na+]. The first-order chi connectivity index (χ1) is 52.8. The Bertz CT molecular complexity index is 4400. The molecule has 5 aliphatic heterocycles. The topological polar surface area (TPSA) is 227 Å². The van der Waals surface area contributed by atoms with E-state index in [1.165, 1.54) is 96.4 Å². The van der Waals surface area contributed by atoms with E-state index in [0.717, 1.165) is 114 Å². The molecule has 6 aromatic rings. The summed E-state index contributed by atoms with van der Waals surface area (Å²) in [6.07, 6.45) is 16.3. The summed E-state index contributed by atoms with van der Waals surface area (Å²) in [6.45, 7) is 8.28. The quantitative estimate of drug-likeness (QED) is 0.0229. The van der Waals surface area contributed by atoms with Gasteiger partial charge in [-0.3, -0.25) is 53.0 Å². The second-order valence-electron chi connectivity index (χ2n) is 27.4. The molecule has 2 saturated heterocycles. The number of Topliss-reactive ketones (excluding diaryl/α,β-unsaturated/α-hetero) is 4. The summed E-state index contributed by atoms with van der Waals surface area (Å²) in [5.41, 5.74) is 6.05. The minimum absolute atomic E-state index is 0. The third-order valence-electron chi connectivity index (χ3n) is 18.6. The van der Waals surface area contributed by atoms with Crippen molar-refractivity contribution in [3.63, 3.8) is 0 Å². The molecule has 5 unspecified atom stereocenters. The zero-order chi connectivity index (χ0) is 79.6. The minimum Gasteiger partial charge on any atom is -1.00 e. The number of fused-ring (bicyclic) bond motifs is 3. The number of halogens is 7. The van der Waals surface area contributed by atoms with Crippen molar-refractivity contribution in [1.82, 2.24) is 15.1 Å². The maximum absolute atomic E-state index is 14.4. The third-order valence-corrected chi connectivity index (χ3v) is 23.6. The Morgan fingerprint density at radius 2 is 1.04 bits per heavy atom. The van der Waals surface area contributed by atoms with Gasteiger partial charge >= 0.3 is 95.3 Å². The van der Waals surface area contributed by atoms with Crippen LogP contribution in [-0.2, 0) is 72.6 Å². The summed E-state index contributed by atoms with van der Waals surface area (Å²) in [6, 6.07) is 35.7. The summed E-state index contributed by atoms with van der Waals surface area (Å²) >= 11 is 13.9. The molecule has 1 aromatic heterocycles. The number of piperidine rings is 2. The predicted molar refractivity (Wildman–Crippen MR) is 436 cm³/mol. The molecule has 5 aromatic carbocycles. The minimum atomic E-state index is -0.562. The van der Waals surface area contributed by atoms with Crippen molar-refractivity contribution >= 4 is 161 Å². The average Bonchev–Trinajstić information content (AvgIpc) is 1.64. The first-order valence-electron chi connectivity index (χ1n) is 36.3. The van der Waals surface area contributed by atoms with Crippen LogP contribution in [0.4, 0.5) is 22.0 Å². The number of thiophene rings is 1. The molecule has 7 fully saturated rings. The van der Waals surface area contributed by atoms with Crippen LogP contribution in [0, 0.1) is 70.0 Å². The van der Waals surface area contributed by atoms with E-state index < -0.39 is 28.8 Å². The van der Waals surface area contributed by atoms with Crippen LogP contribution in [0.15, 0.2) is 155 Å². The Hall–Kier alpha value is -5.43. The molecule has 16 nitrogen and oxygen atoms in total. The number of alkyl halides is 2. The van der Waals surface area contributed by atoms with Crippen LogP contribution in [0.2, 0.25) is 0 Å². The molecule has 5 saturated carbocycles. The van der Waals surface area contributed by atoms with Gasteiger partial charge in [0.25, 0.3) is 0 Å². The number of hydrogen-bond acceptors (Lipinski definition) is 20. The van der Waals surface area contributed by atoms with Gasteiger partial charge in [0.1, 0.15) is 39.7 Å². The summed E-state index contributed by atoms with van der Waals surface area (Å²) in [5.74, 6) is -1.36. The number of benzene rings is 5. The van der Waals surface area contributed by atoms with Gasteiger partial charge < -0.3 is 19.1 Å². The Kier molecular flexibility index (Phi) is 41.2. The van der Waals surface area contributed by atoms with E-state index in [-0.39, 0.29) is 161 Å². The van der Waals surface area contributed by atoms with E-state index in [4.69, 9.17) is 10.00 Å². The van der Waals surface area contributed by atoms with Gasteiger partial charge in [-0.1, -0.05) is 146 Å². The number of nitrogens with one attached hydrogen (secondary N) is 1. The van der Waals surface area contributed by atoms with Gasteiger partial charge in [0.2, 0.25) is 10.2 Å². The number of hydrogen-bond donors (Lipinski definition) is 2. The van der Waals surface area contributed by atoms with E-state index in [1.807, 2.05) is 12.1 Å². The molecule has 5 aliphatic carbocycles. The zero-order valence-corrected chi connectivity index (χ0v) is 72.7. The van der Waals surface area contributed by atoms with Crippen LogP contribution >= 0.6 is 79.5 Å². The zero-order valence-electron chi connectivity index (χ0n) is 65.8. The van der Waals surface area contributed by atoms with Crippen LogP contribution < -0.4 is 39.6 Å². The standard InChI is InChI=1S/C20H20FNO3S.C18H18FNO2S.C11H10BrFO.C11H11FO.C7H6BrF.C7H9NOS.C4H5N.C4H6O3.BHNS.Mg.Na.3H/c1-12(23)25-18-10-14-11-22(9-8-17(14)26-18)19(20(24)13-6-7-13)15-4-2-3-5-16(15)21;19-14-4-2-1-3-13(14)17(18(22)11-5-6-11)20-8-7-15-12(10-20)9-16(21)23-15;12-10(11(14)7-5-6-7)8-3-1-2-4-9(8)13;12-10-4-2-1-3-9(10)7-11(13)8-5-6-8;8-5-6-3-1-2-4-7(6)9;9-7-3-5-4-8-2-1-6(5)10-7;5-3-4-1-2-4;1-3(5)7-4(2)6;1-2-3;;;;;/h2-5,10,13,19H,6-9,11H2,1H3;1-4,9,11,15,17H,5-8,10H2;1-4,7,10H,5-6H2;1-4,8H,5-7H2;1-4H,5H2;3,6,8H,1-2,4H2;4H,1-2H2;1-2H3;3H;;;;;/q;;;;;;;;;+2;+1;3*-1. The molecule has 0 bridgehead atoms. The van der Waals surface area contributed by atoms with Gasteiger partial charge in [0.15, 0.2) is 22.4 Å². The number of carbonyl (C=O) groups is 9. The van der Waals surface area contributed by atoms with Crippen molar-refractivity contribution < 1.29 is 108 Å². The van der Waals surface area contributed by atoms with Gasteiger partial charge in [-0.25, -0.2) is 22.0 Å². The number of ketones is 4. The Morgan fingerprint density at radius 1 is 0.607 bits per heavy atom. The normalized spacial score (nSPS) is 18.8. The van der Waals surface area contributed by atoms with Crippen LogP contribution in [0.1, 0.15) is 157 Å². The monoisotopic (exact) mass is 1760 g/mol. The fourth-order valence-corrected chi connectivity index (χ4v) is 16.6. The summed E-state index contributed by atoms with van der Waals surface area (Å²) < 4.78 is 79.6. The second kappa shape index (κ2) is 48.3. The first kappa shape index (κ1) is 95.4. The van der Waals surface area contributed by atoms with E-state index in [2.05, 4.69) is 82.5 Å². The molecule has 112 heavy (non-hydrogen) atoms. The van der Waals surface area contributed by atoms with E-state index in [1.54, 1.807) is 97.1 Å². The van der Waals surface area contributed by atoms with Gasteiger partial charge in [-0.15, -0.1) is 11.3 Å². The van der Waals surface area contributed by atoms with Crippen molar-refractivity contribution in [1.29, 1.82) is 5.26 Å². The molecule has 16 rings (SSSR count). The van der Waals surface area contributed by atoms with Crippen LogP contribution in [0.5, 0.6) is 5.06 Å². The molecule has 5 atom stereocenters. The fourth-order valence-electron chi connectivity index (χ4n) is 12.3. The van der Waals surface area contributed by atoms with Gasteiger partial charge in [0.05, 0.1) is 18.2 Å². The number of nitrogens with zero attached hydrogens (tertiary/aromatic N) is 4. The average molecular weight is 1760 g/mol. The summed E-state index contributed by atoms with van der Waals surface area (Å²) in [4.78, 5) is 107. The number of thioether (sulfide) groups is 2. The summed E-state index contributed by atoms with van der Waals surface area (Å²) in [5, 5.41) is 13.5. The largest absolute Gasteiger partial charge is 2.00 e. The van der Waals surface area contributed by atoms with Crippen LogP contribution in [-0.4, -0.2) is 135 Å². The molecule has 0 amide bonds. The molecule has 587 valence electrons. The number of rotatable bonds is 16. The van der Waals surface area contributed by atoms with E-state index in [9.17, 15) is 65.1 Å². The smallest absolute Gasteiger partial charge is 1.00 e. The maximum Gasteiger partial charge on any atom is 2.00 e. The summed E-state index contributed by atoms with van der Waals surface area (Å²) in [7, 11) is 4.34. The number of thiol groups is 1. The molecule has 30 heteroatoms. The number of ether oxygens (including phenoxy) is 2. The Morgan fingerprint density at radius 3 is 1.46 bits per heavy atom. The number of likely N-dealkylation sites (tertiary alicyclic amines) is 1. The third kappa shape index (κ3) is 31.2. The molecule has 0 spiro atoms. The molecular formula is C82H89BBr2F5MgN5NaO11S4. The van der Waals surface area contributed by atoms with Crippen LogP contribution in [0.3, 0.4) is 0 Å². The van der Waals surface area contributed by atoms with Gasteiger partial charge in [-0.05, 0) is 166 Å². The molecule has 6 heterocycles. The Balaban J connectivity index is 0.000000352. The fraction of sp³-hybridized carbons (Fsp3) is 0.415.